The van der Waals surface area contributed by atoms with Gasteiger partial charge in [0.15, 0.2) is 0 Å². The summed E-state index contributed by atoms with van der Waals surface area (Å²) >= 11 is 5.61. The van der Waals surface area contributed by atoms with Gasteiger partial charge in [-0.15, -0.1) is 11.6 Å². The van der Waals surface area contributed by atoms with Crippen LogP contribution in [0.4, 0.5) is 20.2 Å². The largest absolute Gasteiger partial charge is 0.337 e. The van der Waals surface area contributed by atoms with Gasteiger partial charge in [-0.1, -0.05) is 18.2 Å². The zero-order valence-electron chi connectivity index (χ0n) is 10.5. The van der Waals surface area contributed by atoms with Crippen molar-refractivity contribution >= 4 is 23.0 Å². The van der Waals surface area contributed by atoms with E-state index in [-0.39, 0.29) is 11.6 Å². The summed E-state index contributed by atoms with van der Waals surface area (Å²) in [4.78, 5) is 1.60. The summed E-state index contributed by atoms with van der Waals surface area (Å²) in [6, 6.07) is 11.7. The highest BCUT2D eigenvalue weighted by Crippen LogP contribution is 2.31. The third-order valence-corrected chi connectivity index (χ3v) is 3.19. The van der Waals surface area contributed by atoms with E-state index in [2.05, 4.69) is 0 Å². The number of anilines is 2. The Morgan fingerprint density at radius 1 is 1.05 bits per heavy atom. The van der Waals surface area contributed by atoms with Crippen LogP contribution in [0.3, 0.4) is 0 Å². The molecule has 0 spiro atoms. The summed E-state index contributed by atoms with van der Waals surface area (Å²) < 4.78 is 28.2. The predicted molar refractivity (Wildman–Crippen MR) is 75.0 cm³/mol. The maximum atomic E-state index is 14.1. The zero-order valence-corrected chi connectivity index (χ0v) is 11.3. The molecular formula is C15H14ClF2N. The maximum Gasteiger partial charge on any atom is 0.150 e. The third kappa shape index (κ3) is 2.87. The second-order valence-corrected chi connectivity index (χ2v) is 4.39. The minimum atomic E-state index is -0.596. The predicted octanol–water partition coefficient (Wildman–Crippen LogP) is 4.86. The van der Waals surface area contributed by atoms with Crippen molar-refractivity contribution in [1.29, 1.82) is 0 Å². The highest BCUT2D eigenvalue weighted by Gasteiger charge is 2.18. The molecule has 2 aromatic carbocycles. The van der Waals surface area contributed by atoms with Crippen LogP contribution >= 0.6 is 11.6 Å². The van der Waals surface area contributed by atoms with E-state index in [4.69, 9.17) is 11.6 Å². The van der Waals surface area contributed by atoms with Gasteiger partial charge in [0.1, 0.15) is 17.3 Å². The Labute approximate surface area is 116 Å². The first-order valence-corrected chi connectivity index (χ1v) is 6.57. The lowest BCUT2D eigenvalue weighted by Gasteiger charge is -2.24. The lowest BCUT2D eigenvalue weighted by atomic mass is 10.1. The molecule has 0 N–H and O–H groups in total. The summed E-state index contributed by atoms with van der Waals surface area (Å²) in [5, 5.41) is 0. The van der Waals surface area contributed by atoms with Crippen LogP contribution in [0, 0.1) is 11.6 Å². The normalized spacial score (nSPS) is 10.5. The number of alkyl halides is 1. The summed E-state index contributed by atoms with van der Waals surface area (Å²) in [5.41, 5.74) is 1.15. The van der Waals surface area contributed by atoms with Crippen LogP contribution in [0.5, 0.6) is 0 Å². The number of benzene rings is 2. The molecule has 0 amide bonds. The number of halogens is 3. The average Bonchev–Trinajstić information content (AvgIpc) is 2.43. The van der Waals surface area contributed by atoms with Gasteiger partial charge in [0.05, 0.1) is 0 Å². The molecule has 0 aliphatic heterocycles. The summed E-state index contributed by atoms with van der Waals surface area (Å²) in [7, 11) is 0. The highest BCUT2D eigenvalue weighted by atomic mass is 35.5. The van der Waals surface area contributed by atoms with Gasteiger partial charge in [-0.25, -0.2) is 8.78 Å². The number of nitrogens with zero attached hydrogens (tertiary/aromatic N) is 1. The maximum absolute atomic E-state index is 14.1. The Balaban J connectivity index is 2.50. The highest BCUT2D eigenvalue weighted by molar-refractivity contribution is 6.17. The Kier molecular flexibility index (Phi) is 4.38. The first-order valence-electron chi connectivity index (χ1n) is 6.03. The summed E-state index contributed by atoms with van der Waals surface area (Å²) in [5.74, 6) is -1.10. The van der Waals surface area contributed by atoms with Crippen molar-refractivity contribution < 1.29 is 8.78 Å². The fraction of sp³-hybridized carbons (Fsp3) is 0.200. The fourth-order valence-corrected chi connectivity index (χ4v) is 2.19. The minimum Gasteiger partial charge on any atom is -0.337 e. The second-order valence-electron chi connectivity index (χ2n) is 4.12. The quantitative estimate of drug-likeness (QED) is 0.723. The van der Waals surface area contributed by atoms with Crippen LogP contribution in [0.25, 0.3) is 0 Å². The van der Waals surface area contributed by atoms with Gasteiger partial charge < -0.3 is 4.90 Å². The minimum absolute atomic E-state index is 0.0393. The van der Waals surface area contributed by atoms with Crippen LogP contribution in [-0.2, 0) is 5.88 Å². The van der Waals surface area contributed by atoms with Crippen LogP contribution in [0.1, 0.15) is 12.5 Å². The monoisotopic (exact) mass is 281 g/mol. The Morgan fingerprint density at radius 3 is 2.11 bits per heavy atom. The van der Waals surface area contributed by atoms with E-state index in [1.54, 1.807) is 4.90 Å². The Morgan fingerprint density at radius 2 is 1.63 bits per heavy atom. The molecule has 0 radical (unpaired) electrons. The van der Waals surface area contributed by atoms with E-state index in [0.717, 1.165) is 5.69 Å². The molecule has 2 rings (SSSR count). The summed E-state index contributed by atoms with van der Waals surface area (Å²) in [6.07, 6.45) is 0. The Hall–Kier alpha value is -1.61. The smallest absolute Gasteiger partial charge is 0.150 e. The van der Waals surface area contributed by atoms with Gasteiger partial charge >= 0.3 is 0 Å². The van der Waals surface area contributed by atoms with E-state index in [0.29, 0.717) is 12.1 Å². The molecule has 100 valence electrons. The number of para-hydroxylation sites is 1. The molecule has 0 bridgehead atoms. The first kappa shape index (κ1) is 13.8. The van der Waals surface area contributed by atoms with E-state index in [1.165, 1.54) is 12.1 Å². The molecule has 19 heavy (non-hydrogen) atoms. The van der Waals surface area contributed by atoms with Crippen molar-refractivity contribution in [2.24, 2.45) is 0 Å². The number of rotatable bonds is 4. The van der Waals surface area contributed by atoms with E-state index >= 15 is 0 Å². The van der Waals surface area contributed by atoms with Gasteiger partial charge in [0, 0.05) is 18.1 Å². The fourth-order valence-electron chi connectivity index (χ4n) is 2.03. The molecule has 2 aromatic rings. The van der Waals surface area contributed by atoms with Crippen molar-refractivity contribution in [2.75, 3.05) is 11.4 Å². The van der Waals surface area contributed by atoms with Gasteiger partial charge in [0.2, 0.25) is 0 Å². The van der Waals surface area contributed by atoms with Gasteiger partial charge in [-0.05, 0) is 36.8 Å². The zero-order chi connectivity index (χ0) is 13.8. The lowest BCUT2D eigenvalue weighted by Crippen LogP contribution is -2.19. The van der Waals surface area contributed by atoms with Gasteiger partial charge in [-0.2, -0.15) is 0 Å². The molecular weight excluding hydrogens is 268 g/mol. The molecule has 0 saturated carbocycles. The van der Waals surface area contributed by atoms with Crippen molar-refractivity contribution in [3.63, 3.8) is 0 Å². The van der Waals surface area contributed by atoms with E-state index < -0.39 is 11.6 Å². The molecule has 0 fully saturated rings. The number of hydrogen-bond donors (Lipinski definition) is 0. The molecule has 0 atom stereocenters. The average molecular weight is 282 g/mol. The SMILES string of the molecule is CCN(c1ccccc1)c1c(F)cc(CCl)cc1F. The van der Waals surface area contributed by atoms with Gasteiger partial charge in [-0.3, -0.25) is 0 Å². The number of hydrogen-bond acceptors (Lipinski definition) is 1. The van der Waals surface area contributed by atoms with Crippen LogP contribution in [0.2, 0.25) is 0 Å². The lowest BCUT2D eigenvalue weighted by molar-refractivity contribution is 0.579. The molecule has 0 unspecified atom stereocenters. The molecule has 4 heteroatoms. The molecule has 0 aromatic heterocycles. The van der Waals surface area contributed by atoms with Crippen molar-refractivity contribution in [3.8, 4) is 0 Å². The van der Waals surface area contributed by atoms with Gasteiger partial charge in [0.25, 0.3) is 0 Å². The van der Waals surface area contributed by atoms with E-state index in [9.17, 15) is 8.78 Å². The van der Waals surface area contributed by atoms with Crippen LogP contribution < -0.4 is 4.90 Å². The molecule has 1 nitrogen and oxygen atoms in total. The Bertz CT molecular complexity index is 534. The van der Waals surface area contributed by atoms with Crippen molar-refractivity contribution in [1.82, 2.24) is 0 Å². The van der Waals surface area contributed by atoms with Crippen LogP contribution in [0.15, 0.2) is 42.5 Å². The van der Waals surface area contributed by atoms with Crippen molar-refractivity contribution in [3.05, 3.63) is 59.7 Å². The molecule has 0 saturated heterocycles. The topological polar surface area (TPSA) is 3.24 Å². The molecule has 0 aliphatic rings. The molecule has 0 aliphatic carbocycles. The first-order chi connectivity index (χ1) is 9.17. The van der Waals surface area contributed by atoms with Crippen LogP contribution in [-0.4, -0.2) is 6.54 Å². The third-order valence-electron chi connectivity index (χ3n) is 2.88. The van der Waals surface area contributed by atoms with E-state index in [1.807, 2.05) is 37.3 Å². The van der Waals surface area contributed by atoms with Crippen molar-refractivity contribution in [2.45, 2.75) is 12.8 Å². The standard InChI is InChI=1S/C15H14ClF2N/c1-2-19(12-6-4-3-5-7-12)15-13(17)8-11(10-16)9-14(15)18/h3-9H,2,10H2,1H3. The molecule has 0 heterocycles. The second kappa shape index (κ2) is 6.02. The summed E-state index contributed by atoms with van der Waals surface area (Å²) in [6.45, 7) is 2.32.